The van der Waals surface area contributed by atoms with Crippen molar-refractivity contribution < 1.29 is 4.39 Å². The summed E-state index contributed by atoms with van der Waals surface area (Å²) < 4.78 is 15.7. The average molecular weight is 283 g/mol. The minimum atomic E-state index is -0.414. The van der Waals surface area contributed by atoms with Crippen molar-refractivity contribution in [3.63, 3.8) is 0 Å². The first kappa shape index (κ1) is 14.0. The summed E-state index contributed by atoms with van der Waals surface area (Å²) in [5.74, 6) is -0.359. The minimum Gasteiger partial charge on any atom is -0.307 e. The second kappa shape index (κ2) is 6.12. The summed E-state index contributed by atoms with van der Waals surface area (Å²) in [7, 11) is 1.75. The minimum absolute atomic E-state index is 0.324. The van der Waals surface area contributed by atoms with Crippen molar-refractivity contribution in [1.82, 2.24) is 20.1 Å². The highest BCUT2D eigenvalue weighted by atomic mass is 35.5. The van der Waals surface area contributed by atoms with Crippen LogP contribution in [-0.4, -0.2) is 21.8 Å². The van der Waals surface area contributed by atoms with Crippen molar-refractivity contribution >= 4 is 11.6 Å². The molecule has 0 fully saturated rings. The van der Waals surface area contributed by atoms with Gasteiger partial charge in [-0.1, -0.05) is 18.5 Å². The van der Waals surface area contributed by atoms with E-state index in [9.17, 15) is 4.39 Å². The van der Waals surface area contributed by atoms with E-state index in [0.29, 0.717) is 10.7 Å². The highest BCUT2D eigenvalue weighted by Crippen LogP contribution is 2.28. The normalized spacial score (nSPS) is 12.6. The molecule has 0 aliphatic rings. The molecule has 0 saturated carbocycles. The summed E-state index contributed by atoms with van der Waals surface area (Å²) in [6.07, 6.45) is 4.07. The van der Waals surface area contributed by atoms with Crippen LogP contribution in [0, 0.1) is 5.82 Å². The third kappa shape index (κ3) is 2.77. The third-order valence-corrected chi connectivity index (χ3v) is 3.18. The Hall–Kier alpha value is -1.46. The molecule has 102 valence electrons. The van der Waals surface area contributed by atoms with E-state index in [1.165, 1.54) is 6.07 Å². The monoisotopic (exact) mass is 282 g/mol. The largest absolute Gasteiger partial charge is 0.307 e. The Labute approximate surface area is 116 Å². The van der Waals surface area contributed by atoms with E-state index in [0.717, 1.165) is 18.7 Å². The summed E-state index contributed by atoms with van der Waals surface area (Å²) in [6.45, 7) is 2.78. The zero-order valence-corrected chi connectivity index (χ0v) is 11.7. The van der Waals surface area contributed by atoms with Crippen LogP contribution >= 0.6 is 11.6 Å². The number of nitrogens with one attached hydrogen (secondary N) is 1. The molecule has 1 atom stereocenters. The van der Waals surface area contributed by atoms with E-state index >= 15 is 0 Å². The molecule has 1 N–H and O–H groups in total. The zero-order chi connectivity index (χ0) is 13.8. The van der Waals surface area contributed by atoms with Gasteiger partial charge in [0.25, 0.3) is 0 Å². The summed E-state index contributed by atoms with van der Waals surface area (Å²) in [5.41, 5.74) is 1.06. The number of hydrogen-bond donors (Lipinski definition) is 1. The van der Waals surface area contributed by atoms with Gasteiger partial charge >= 0.3 is 0 Å². The molecule has 6 heteroatoms. The van der Waals surface area contributed by atoms with Gasteiger partial charge in [0.05, 0.1) is 28.6 Å². The van der Waals surface area contributed by atoms with Crippen LogP contribution in [0.15, 0.2) is 24.5 Å². The summed E-state index contributed by atoms with van der Waals surface area (Å²) in [5, 5.41) is 7.79. The van der Waals surface area contributed by atoms with E-state index in [4.69, 9.17) is 11.6 Å². The second-order valence-electron chi connectivity index (χ2n) is 4.19. The Morgan fingerprint density at radius 1 is 1.53 bits per heavy atom. The Kier molecular flexibility index (Phi) is 4.50. The fourth-order valence-electron chi connectivity index (χ4n) is 2.06. The molecule has 4 nitrogen and oxygen atoms in total. The lowest BCUT2D eigenvalue weighted by Crippen LogP contribution is -2.24. The number of rotatable bonds is 5. The lowest BCUT2D eigenvalue weighted by atomic mass is 10.1. The van der Waals surface area contributed by atoms with Gasteiger partial charge in [-0.3, -0.25) is 9.67 Å². The van der Waals surface area contributed by atoms with Gasteiger partial charge in [0.15, 0.2) is 0 Å². The molecule has 1 unspecified atom stereocenters. The molecule has 2 aromatic rings. The van der Waals surface area contributed by atoms with Gasteiger partial charge in [-0.25, -0.2) is 4.39 Å². The standard InChI is InChI=1S/C13H16ClFN4/c1-3-7-19-13(9(14)8-18-19)12(16-2)11-10(15)5-4-6-17-11/h4-6,8,12,16H,3,7H2,1-2H3. The molecule has 0 amide bonds. The van der Waals surface area contributed by atoms with E-state index < -0.39 is 6.04 Å². The molecule has 0 spiro atoms. The molecule has 2 rings (SSSR count). The predicted octanol–water partition coefficient (Wildman–Crippen LogP) is 2.79. The molecule has 0 bridgehead atoms. The van der Waals surface area contributed by atoms with E-state index in [1.807, 2.05) is 0 Å². The van der Waals surface area contributed by atoms with Crippen molar-refractivity contribution in [2.45, 2.75) is 25.9 Å². The molecule has 2 heterocycles. The quantitative estimate of drug-likeness (QED) is 0.917. The lowest BCUT2D eigenvalue weighted by Gasteiger charge is -2.18. The molecule has 0 aliphatic carbocycles. The van der Waals surface area contributed by atoms with E-state index in [2.05, 4.69) is 22.3 Å². The first-order chi connectivity index (χ1) is 9.19. The number of hydrogen-bond acceptors (Lipinski definition) is 3. The van der Waals surface area contributed by atoms with Crippen molar-refractivity contribution in [3.05, 3.63) is 46.8 Å². The molecule has 0 aliphatic heterocycles. The van der Waals surface area contributed by atoms with Crippen LogP contribution in [0.1, 0.15) is 30.8 Å². The first-order valence-electron chi connectivity index (χ1n) is 6.17. The van der Waals surface area contributed by atoms with Crippen LogP contribution in [0.25, 0.3) is 0 Å². The van der Waals surface area contributed by atoms with Crippen molar-refractivity contribution in [1.29, 1.82) is 0 Å². The van der Waals surface area contributed by atoms with Crippen LogP contribution in [0.2, 0.25) is 5.02 Å². The highest BCUT2D eigenvalue weighted by Gasteiger charge is 2.24. The first-order valence-corrected chi connectivity index (χ1v) is 6.55. The van der Waals surface area contributed by atoms with Crippen molar-refractivity contribution in [2.24, 2.45) is 0 Å². The predicted molar refractivity (Wildman–Crippen MR) is 72.6 cm³/mol. The fraction of sp³-hybridized carbons (Fsp3) is 0.385. The topological polar surface area (TPSA) is 42.7 Å². The van der Waals surface area contributed by atoms with E-state index in [1.54, 1.807) is 30.2 Å². The SMILES string of the molecule is CCCn1ncc(Cl)c1C(NC)c1ncccc1F. The van der Waals surface area contributed by atoms with Crippen LogP contribution in [0.4, 0.5) is 4.39 Å². The van der Waals surface area contributed by atoms with Crippen LogP contribution in [0.5, 0.6) is 0 Å². The number of aryl methyl sites for hydroxylation is 1. The molecule has 0 aromatic carbocycles. The Balaban J connectivity index is 2.48. The summed E-state index contributed by atoms with van der Waals surface area (Å²) >= 11 is 6.18. The zero-order valence-electron chi connectivity index (χ0n) is 10.9. The third-order valence-electron chi connectivity index (χ3n) is 2.89. The molecular weight excluding hydrogens is 267 g/mol. The molecular formula is C13H16ClFN4. The maximum atomic E-state index is 13.9. The summed E-state index contributed by atoms with van der Waals surface area (Å²) in [4.78, 5) is 4.11. The van der Waals surface area contributed by atoms with E-state index in [-0.39, 0.29) is 5.82 Å². The fourth-order valence-corrected chi connectivity index (χ4v) is 2.31. The molecule has 0 radical (unpaired) electrons. The number of halogens is 2. The summed E-state index contributed by atoms with van der Waals surface area (Å²) in [6, 6.07) is 2.54. The smallest absolute Gasteiger partial charge is 0.146 e. The van der Waals surface area contributed by atoms with Crippen LogP contribution in [-0.2, 0) is 6.54 Å². The molecule has 0 saturated heterocycles. The second-order valence-corrected chi connectivity index (χ2v) is 4.60. The van der Waals surface area contributed by atoms with Crippen molar-refractivity contribution in [2.75, 3.05) is 7.05 Å². The maximum Gasteiger partial charge on any atom is 0.146 e. The average Bonchev–Trinajstić information content (AvgIpc) is 2.75. The van der Waals surface area contributed by atoms with Gasteiger partial charge in [-0.15, -0.1) is 0 Å². The molecule has 19 heavy (non-hydrogen) atoms. The molecule has 2 aromatic heterocycles. The maximum absolute atomic E-state index is 13.9. The Morgan fingerprint density at radius 3 is 2.95 bits per heavy atom. The van der Waals surface area contributed by atoms with Gasteiger partial charge in [0.2, 0.25) is 0 Å². The van der Waals surface area contributed by atoms with Gasteiger partial charge in [-0.05, 0) is 25.6 Å². The van der Waals surface area contributed by atoms with Crippen LogP contribution in [0.3, 0.4) is 0 Å². The van der Waals surface area contributed by atoms with Crippen molar-refractivity contribution in [3.8, 4) is 0 Å². The van der Waals surface area contributed by atoms with Crippen LogP contribution < -0.4 is 5.32 Å². The number of aromatic nitrogens is 3. The number of pyridine rings is 1. The van der Waals surface area contributed by atoms with Gasteiger partial charge in [-0.2, -0.15) is 5.10 Å². The number of nitrogens with zero attached hydrogens (tertiary/aromatic N) is 3. The lowest BCUT2D eigenvalue weighted by molar-refractivity contribution is 0.506. The Bertz CT molecular complexity index is 555. The van der Waals surface area contributed by atoms with Gasteiger partial charge in [0, 0.05) is 12.7 Å². The van der Waals surface area contributed by atoms with Gasteiger partial charge in [0.1, 0.15) is 5.82 Å². The van der Waals surface area contributed by atoms with Gasteiger partial charge < -0.3 is 5.32 Å². The Morgan fingerprint density at radius 2 is 2.32 bits per heavy atom. The highest BCUT2D eigenvalue weighted by molar-refractivity contribution is 6.31.